The van der Waals surface area contributed by atoms with Crippen molar-refractivity contribution in [1.29, 1.82) is 21.0 Å². The van der Waals surface area contributed by atoms with E-state index < -0.39 is 0 Å². The van der Waals surface area contributed by atoms with Crippen LogP contribution in [0.4, 0.5) is 0 Å². The van der Waals surface area contributed by atoms with Crippen LogP contribution in [0.5, 0.6) is 0 Å². The van der Waals surface area contributed by atoms with Crippen LogP contribution in [-0.4, -0.2) is 29.9 Å². The smallest absolute Gasteiger partial charge is 0.201 e. The van der Waals surface area contributed by atoms with E-state index in [4.69, 9.17) is 21.0 Å². The second kappa shape index (κ2) is 4.68. The monoisotopic (exact) mass is 284 g/mol. The Hall–Kier alpha value is -4.28. The lowest BCUT2D eigenvalue weighted by Gasteiger charge is -2.01. The predicted molar refractivity (Wildman–Crippen MR) is 67.1 cm³/mol. The van der Waals surface area contributed by atoms with Crippen molar-refractivity contribution in [2.75, 3.05) is 0 Å². The average Bonchev–Trinajstić information content (AvgIpc) is 2.57. The SMILES string of the molecule is N#Cc1nc2nc3nc(C#N)c(C#N)nc3nc2nc1C#N. The van der Waals surface area contributed by atoms with Gasteiger partial charge in [-0.2, -0.15) is 21.0 Å². The van der Waals surface area contributed by atoms with Crippen molar-refractivity contribution in [3.63, 3.8) is 0 Å². The van der Waals surface area contributed by atoms with Crippen LogP contribution < -0.4 is 0 Å². The Morgan fingerprint density at radius 1 is 0.409 bits per heavy atom. The van der Waals surface area contributed by atoms with Gasteiger partial charge < -0.3 is 0 Å². The summed E-state index contributed by atoms with van der Waals surface area (Å²) in [6.45, 7) is 0. The van der Waals surface area contributed by atoms with Crippen LogP contribution in [0.2, 0.25) is 0 Å². The van der Waals surface area contributed by atoms with Gasteiger partial charge in [-0.25, -0.2) is 29.9 Å². The van der Waals surface area contributed by atoms with Gasteiger partial charge in [0.25, 0.3) is 0 Å². The van der Waals surface area contributed by atoms with Crippen molar-refractivity contribution in [2.24, 2.45) is 0 Å². The zero-order valence-electron chi connectivity index (χ0n) is 10.5. The van der Waals surface area contributed by atoms with E-state index in [1.165, 1.54) is 0 Å². The molecule has 0 aliphatic carbocycles. The molecule has 3 aromatic rings. The molecule has 0 unspecified atom stereocenters. The predicted octanol–water partition coefficient (Wildman–Crippen LogP) is -0.150. The highest BCUT2D eigenvalue weighted by molar-refractivity contribution is 5.78. The molecule has 0 amide bonds. The molecule has 0 fully saturated rings. The molecule has 0 bridgehead atoms. The van der Waals surface area contributed by atoms with Crippen molar-refractivity contribution >= 4 is 22.6 Å². The molecule has 0 N–H and O–H groups in total. The zero-order valence-corrected chi connectivity index (χ0v) is 10.5. The third-order valence-corrected chi connectivity index (χ3v) is 2.57. The molecule has 22 heavy (non-hydrogen) atoms. The van der Waals surface area contributed by atoms with Gasteiger partial charge >= 0.3 is 0 Å². The van der Waals surface area contributed by atoms with Gasteiger partial charge in [0.1, 0.15) is 24.3 Å². The van der Waals surface area contributed by atoms with Crippen molar-refractivity contribution in [2.45, 2.75) is 0 Å². The molecule has 98 valence electrons. The maximum Gasteiger partial charge on any atom is 0.201 e. The molecule has 0 atom stereocenters. The molecular formula is C12N10. The van der Waals surface area contributed by atoms with E-state index in [0.717, 1.165) is 0 Å². The largest absolute Gasteiger partial charge is 0.211 e. The minimum Gasteiger partial charge on any atom is -0.211 e. The summed E-state index contributed by atoms with van der Waals surface area (Å²) in [5, 5.41) is 35.7. The minimum absolute atomic E-state index is 0.00838. The number of nitrogens with zero attached hydrogens (tertiary/aromatic N) is 10. The van der Waals surface area contributed by atoms with Gasteiger partial charge in [0.15, 0.2) is 22.8 Å². The molecule has 0 saturated heterocycles. The molecule has 0 radical (unpaired) electrons. The molecule has 0 saturated carbocycles. The fourth-order valence-electron chi connectivity index (χ4n) is 1.65. The molecule has 0 aromatic carbocycles. The Labute approximate surface area is 121 Å². The number of rotatable bonds is 0. The standard InChI is InChI=1S/C12N10/c13-1-5-6(2-14)18-10-9(17-5)21-11-12(22-10)20-8(4-16)7(3-15)19-11. The normalized spacial score (nSPS) is 9.64. The lowest BCUT2D eigenvalue weighted by atomic mass is 10.3. The summed E-state index contributed by atoms with van der Waals surface area (Å²) in [5.74, 6) is 0. The lowest BCUT2D eigenvalue weighted by Crippen LogP contribution is -2.04. The van der Waals surface area contributed by atoms with Crippen LogP contribution >= 0.6 is 0 Å². The van der Waals surface area contributed by atoms with Crippen LogP contribution in [0, 0.1) is 45.3 Å². The molecular weight excluding hydrogens is 284 g/mol. The molecule has 10 nitrogen and oxygen atoms in total. The van der Waals surface area contributed by atoms with Crippen molar-refractivity contribution < 1.29 is 0 Å². The number of aromatic nitrogens is 6. The summed E-state index contributed by atoms with van der Waals surface area (Å²) >= 11 is 0. The first-order valence-corrected chi connectivity index (χ1v) is 5.58. The summed E-state index contributed by atoms with van der Waals surface area (Å²) in [5.41, 5.74) is -0.790. The summed E-state index contributed by atoms with van der Waals surface area (Å²) in [4.78, 5) is 23.5. The van der Waals surface area contributed by atoms with Crippen LogP contribution in [-0.2, 0) is 0 Å². The van der Waals surface area contributed by atoms with E-state index in [9.17, 15) is 0 Å². The molecule has 10 heteroatoms. The van der Waals surface area contributed by atoms with E-state index in [2.05, 4.69) is 29.9 Å². The topological polar surface area (TPSA) is 172 Å². The highest BCUT2D eigenvalue weighted by atomic mass is 15.1. The number of fused-ring (bicyclic) bond motifs is 2. The fraction of sp³-hybridized carbons (Fsp3) is 0. The van der Waals surface area contributed by atoms with Crippen molar-refractivity contribution in [1.82, 2.24) is 29.9 Å². The second-order valence-corrected chi connectivity index (χ2v) is 3.81. The van der Waals surface area contributed by atoms with E-state index in [0.29, 0.717) is 0 Å². The highest BCUT2D eigenvalue weighted by Gasteiger charge is 2.15. The van der Waals surface area contributed by atoms with Gasteiger partial charge in [-0.3, -0.25) is 0 Å². The fourth-order valence-corrected chi connectivity index (χ4v) is 1.65. The third-order valence-electron chi connectivity index (χ3n) is 2.57. The Morgan fingerprint density at radius 2 is 0.636 bits per heavy atom. The molecule has 3 heterocycles. The van der Waals surface area contributed by atoms with Crippen LogP contribution in [0.25, 0.3) is 22.6 Å². The van der Waals surface area contributed by atoms with Crippen molar-refractivity contribution in [3.05, 3.63) is 22.8 Å². The van der Waals surface area contributed by atoms with E-state index in [1.54, 1.807) is 24.3 Å². The van der Waals surface area contributed by atoms with Gasteiger partial charge in [-0.1, -0.05) is 0 Å². The first-order chi connectivity index (χ1) is 10.7. The summed E-state index contributed by atoms with van der Waals surface area (Å²) < 4.78 is 0. The molecule has 3 aromatic heterocycles. The third kappa shape index (κ3) is 1.78. The Morgan fingerprint density at radius 3 is 0.818 bits per heavy atom. The molecule has 0 aliphatic rings. The van der Waals surface area contributed by atoms with E-state index >= 15 is 0 Å². The Bertz CT molecular complexity index is 943. The first kappa shape index (κ1) is 12.7. The quantitative estimate of drug-likeness (QED) is 0.505. The number of nitriles is 4. The summed E-state index contributed by atoms with van der Waals surface area (Å²) in [6, 6.07) is 6.93. The number of hydrogen-bond donors (Lipinski definition) is 0. The second-order valence-electron chi connectivity index (χ2n) is 3.81. The van der Waals surface area contributed by atoms with Crippen LogP contribution in [0.1, 0.15) is 22.8 Å². The number of hydrogen-bond acceptors (Lipinski definition) is 10. The van der Waals surface area contributed by atoms with Crippen LogP contribution in [0.3, 0.4) is 0 Å². The van der Waals surface area contributed by atoms with Crippen molar-refractivity contribution in [3.8, 4) is 24.3 Å². The Balaban J connectivity index is 2.43. The zero-order chi connectivity index (χ0) is 15.7. The maximum absolute atomic E-state index is 8.91. The molecule has 0 spiro atoms. The highest BCUT2D eigenvalue weighted by Crippen LogP contribution is 2.14. The van der Waals surface area contributed by atoms with Crippen LogP contribution in [0.15, 0.2) is 0 Å². The lowest BCUT2D eigenvalue weighted by molar-refractivity contribution is 1.09. The Kier molecular flexibility index (Phi) is 2.71. The summed E-state index contributed by atoms with van der Waals surface area (Å²) in [7, 11) is 0. The maximum atomic E-state index is 8.91. The molecule has 0 aliphatic heterocycles. The first-order valence-electron chi connectivity index (χ1n) is 5.58. The van der Waals surface area contributed by atoms with Gasteiger partial charge in [0, 0.05) is 0 Å². The van der Waals surface area contributed by atoms with Gasteiger partial charge in [-0.15, -0.1) is 0 Å². The van der Waals surface area contributed by atoms with Gasteiger partial charge in [0.2, 0.25) is 22.6 Å². The van der Waals surface area contributed by atoms with Gasteiger partial charge in [-0.05, 0) is 0 Å². The summed E-state index contributed by atoms with van der Waals surface area (Å²) in [6.07, 6.45) is 0. The molecule has 3 rings (SSSR count). The van der Waals surface area contributed by atoms with E-state index in [-0.39, 0.29) is 45.4 Å². The van der Waals surface area contributed by atoms with Gasteiger partial charge in [0.05, 0.1) is 0 Å². The van der Waals surface area contributed by atoms with E-state index in [1.807, 2.05) is 0 Å². The average molecular weight is 284 g/mol. The minimum atomic E-state index is -0.189.